The molecule has 28 heavy (non-hydrogen) atoms. The maximum absolute atomic E-state index is 12.6. The van der Waals surface area contributed by atoms with Crippen molar-refractivity contribution in [3.63, 3.8) is 0 Å². The Kier molecular flexibility index (Phi) is 6.86. The Morgan fingerprint density at radius 1 is 1.18 bits per heavy atom. The summed E-state index contributed by atoms with van der Waals surface area (Å²) in [6.45, 7) is 6.18. The number of sulfone groups is 1. The smallest absolute Gasteiger partial charge is 0.251 e. The molecule has 1 aromatic carbocycles. The molecular weight excluding hydrogens is 392 g/mol. The van der Waals surface area contributed by atoms with Gasteiger partial charge in [-0.1, -0.05) is 51.1 Å². The molecule has 7 heteroatoms. The molecule has 2 atom stereocenters. The Morgan fingerprint density at radius 2 is 1.86 bits per heavy atom. The summed E-state index contributed by atoms with van der Waals surface area (Å²) in [5.41, 5.74) is 2.20. The molecule has 3 rings (SSSR count). The summed E-state index contributed by atoms with van der Waals surface area (Å²) in [6.07, 6.45) is 4.88. The molecule has 0 radical (unpaired) electrons. The SMILES string of the molecule is CCCCc1ccc(N2C(=NC(=O)C(CC)CC)S[C@@H]3CS(=O)(=O)C[C@@H]32)cc1. The van der Waals surface area contributed by atoms with Crippen molar-refractivity contribution in [3.8, 4) is 0 Å². The number of hydrogen-bond donors (Lipinski definition) is 0. The van der Waals surface area contributed by atoms with Crippen LogP contribution in [0.2, 0.25) is 0 Å². The van der Waals surface area contributed by atoms with Crippen LogP contribution < -0.4 is 4.90 Å². The van der Waals surface area contributed by atoms with E-state index in [1.807, 2.05) is 30.9 Å². The number of thioether (sulfide) groups is 1. The number of carbonyl (C=O) groups excluding carboxylic acids is 1. The number of fused-ring (bicyclic) bond motifs is 1. The maximum atomic E-state index is 12.6. The molecular formula is C21H30N2O3S2. The Hall–Kier alpha value is -1.34. The van der Waals surface area contributed by atoms with Gasteiger partial charge in [-0.2, -0.15) is 4.99 Å². The van der Waals surface area contributed by atoms with Crippen molar-refractivity contribution in [1.82, 2.24) is 0 Å². The molecule has 0 aromatic heterocycles. The average Bonchev–Trinajstić information content (AvgIpc) is 3.12. The number of aliphatic imine (C=N–C) groups is 1. The van der Waals surface area contributed by atoms with Crippen LogP contribution in [-0.2, 0) is 21.1 Å². The molecule has 154 valence electrons. The fourth-order valence-corrected chi connectivity index (χ4v) is 7.81. The molecule has 0 unspecified atom stereocenters. The summed E-state index contributed by atoms with van der Waals surface area (Å²) >= 11 is 1.45. The summed E-state index contributed by atoms with van der Waals surface area (Å²) in [6, 6.07) is 8.13. The minimum atomic E-state index is -3.05. The fraction of sp³-hybridized carbons (Fsp3) is 0.619. The molecule has 2 fully saturated rings. The first-order valence-electron chi connectivity index (χ1n) is 10.3. The summed E-state index contributed by atoms with van der Waals surface area (Å²) in [7, 11) is -3.05. The lowest BCUT2D eigenvalue weighted by molar-refractivity contribution is -0.121. The van der Waals surface area contributed by atoms with E-state index in [9.17, 15) is 13.2 Å². The summed E-state index contributed by atoms with van der Waals surface area (Å²) in [4.78, 5) is 19.1. The summed E-state index contributed by atoms with van der Waals surface area (Å²) < 4.78 is 24.4. The van der Waals surface area contributed by atoms with Crippen LogP contribution in [0.4, 0.5) is 5.69 Å². The number of amides is 1. The highest BCUT2D eigenvalue weighted by atomic mass is 32.2. The van der Waals surface area contributed by atoms with E-state index in [1.165, 1.54) is 17.3 Å². The van der Waals surface area contributed by atoms with Gasteiger partial charge in [0.05, 0.1) is 17.5 Å². The first-order valence-corrected chi connectivity index (χ1v) is 13.0. The zero-order valence-corrected chi connectivity index (χ0v) is 18.6. The van der Waals surface area contributed by atoms with Gasteiger partial charge in [-0.15, -0.1) is 0 Å². The van der Waals surface area contributed by atoms with Crippen LogP contribution in [0.3, 0.4) is 0 Å². The predicted octanol–water partition coefficient (Wildman–Crippen LogP) is 4.07. The topological polar surface area (TPSA) is 66.8 Å². The van der Waals surface area contributed by atoms with Gasteiger partial charge in [0.2, 0.25) is 0 Å². The second-order valence-electron chi connectivity index (χ2n) is 7.69. The third kappa shape index (κ3) is 4.62. The van der Waals surface area contributed by atoms with Crippen LogP contribution in [0, 0.1) is 5.92 Å². The lowest BCUT2D eigenvalue weighted by atomic mass is 10.0. The van der Waals surface area contributed by atoms with Crippen LogP contribution in [0.5, 0.6) is 0 Å². The van der Waals surface area contributed by atoms with E-state index in [0.29, 0.717) is 5.17 Å². The van der Waals surface area contributed by atoms with Gasteiger partial charge in [-0.05, 0) is 43.4 Å². The normalized spacial score (nSPS) is 24.9. The first-order chi connectivity index (χ1) is 13.4. The molecule has 2 saturated heterocycles. The Bertz CT molecular complexity index is 830. The number of benzene rings is 1. The molecule has 0 bridgehead atoms. The molecule has 5 nitrogen and oxygen atoms in total. The molecule has 1 amide bonds. The van der Waals surface area contributed by atoms with Gasteiger partial charge in [0, 0.05) is 16.9 Å². The molecule has 2 aliphatic rings. The van der Waals surface area contributed by atoms with Gasteiger partial charge in [-0.3, -0.25) is 4.79 Å². The minimum absolute atomic E-state index is 0.0574. The zero-order chi connectivity index (χ0) is 20.3. The number of rotatable bonds is 7. The first kappa shape index (κ1) is 21.4. The predicted molar refractivity (Wildman–Crippen MR) is 118 cm³/mol. The Morgan fingerprint density at radius 3 is 2.46 bits per heavy atom. The largest absolute Gasteiger partial charge is 0.316 e. The van der Waals surface area contributed by atoms with Crippen molar-refractivity contribution in [1.29, 1.82) is 0 Å². The zero-order valence-electron chi connectivity index (χ0n) is 16.9. The highest BCUT2D eigenvalue weighted by molar-refractivity contribution is 8.16. The minimum Gasteiger partial charge on any atom is -0.316 e. The highest BCUT2D eigenvalue weighted by Crippen LogP contribution is 2.41. The molecule has 2 aliphatic heterocycles. The Balaban J connectivity index is 1.91. The number of anilines is 1. The summed E-state index contributed by atoms with van der Waals surface area (Å²) in [5, 5.41) is 0.598. The van der Waals surface area contributed by atoms with Crippen molar-refractivity contribution in [2.24, 2.45) is 10.9 Å². The van der Waals surface area contributed by atoms with Crippen LogP contribution in [0.15, 0.2) is 29.3 Å². The number of hydrogen-bond acceptors (Lipinski definition) is 4. The van der Waals surface area contributed by atoms with Crippen molar-refractivity contribution in [2.75, 3.05) is 16.4 Å². The van der Waals surface area contributed by atoms with E-state index in [4.69, 9.17) is 0 Å². The van der Waals surface area contributed by atoms with Gasteiger partial charge in [-0.25, -0.2) is 8.42 Å². The van der Waals surface area contributed by atoms with Crippen molar-refractivity contribution >= 4 is 38.4 Å². The molecule has 2 heterocycles. The van der Waals surface area contributed by atoms with E-state index in [2.05, 4.69) is 24.0 Å². The van der Waals surface area contributed by atoms with Gasteiger partial charge in [0.15, 0.2) is 15.0 Å². The number of nitrogens with zero attached hydrogens (tertiary/aromatic N) is 2. The Labute approximate surface area is 172 Å². The number of amidine groups is 1. The lowest BCUT2D eigenvalue weighted by Gasteiger charge is -2.25. The van der Waals surface area contributed by atoms with Crippen molar-refractivity contribution in [2.45, 2.75) is 64.2 Å². The van der Waals surface area contributed by atoms with Crippen molar-refractivity contribution in [3.05, 3.63) is 29.8 Å². The van der Waals surface area contributed by atoms with Gasteiger partial charge in [0.1, 0.15) is 0 Å². The highest BCUT2D eigenvalue weighted by Gasteiger charge is 2.49. The van der Waals surface area contributed by atoms with E-state index in [-0.39, 0.29) is 34.6 Å². The second kappa shape index (κ2) is 8.99. The van der Waals surface area contributed by atoms with Crippen LogP contribution in [0.25, 0.3) is 0 Å². The summed E-state index contributed by atoms with van der Waals surface area (Å²) in [5.74, 6) is 0.113. The number of aryl methyl sites for hydroxylation is 1. The quantitative estimate of drug-likeness (QED) is 0.663. The number of unbranched alkanes of at least 4 members (excludes halogenated alkanes) is 1. The van der Waals surface area contributed by atoms with E-state index >= 15 is 0 Å². The van der Waals surface area contributed by atoms with Gasteiger partial charge in [0.25, 0.3) is 5.91 Å². The van der Waals surface area contributed by atoms with Crippen LogP contribution in [0.1, 0.15) is 52.0 Å². The van der Waals surface area contributed by atoms with Crippen LogP contribution in [-0.4, -0.2) is 42.3 Å². The van der Waals surface area contributed by atoms with E-state index in [1.54, 1.807) is 0 Å². The molecule has 1 aromatic rings. The fourth-order valence-electron chi connectivity index (χ4n) is 3.89. The second-order valence-corrected chi connectivity index (χ2v) is 11.0. The third-order valence-corrected chi connectivity index (χ3v) is 8.85. The molecule has 0 saturated carbocycles. The third-order valence-electron chi connectivity index (χ3n) is 5.64. The molecule has 0 spiro atoms. The monoisotopic (exact) mass is 422 g/mol. The van der Waals surface area contributed by atoms with Crippen LogP contribution >= 0.6 is 11.8 Å². The molecule has 0 aliphatic carbocycles. The van der Waals surface area contributed by atoms with E-state index in [0.717, 1.165) is 37.8 Å². The maximum Gasteiger partial charge on any atom is 0.251 e. The van der Waals surface area contributed by atoms with Crippen molar-refractivity contribution < 1.29 is 13.2 Å². The molecule has 0 N–H and O–H groups in total. The van der Waals surface area contributed by atoms with Gasteiger partial charge >= 0.3 is 0 Å². The van der Waals surface area contributed by atoms with E-state index < -0.39 is 9.84 Å². The van der Waals surface area contributed by atoms with Gasteiger partial charge < -0.3 is 4.90 Å². The lowest BCUT2D eigenvalue weighted by Crippen LogP contribution is -2.37. The standard InChI is InChI=1S/C21H30N2O3S2/c1-4-7-8-15-9-11-17(12-10-15)23-18-13-28(25,26)14-19(18)27-21(23)22-20(24)16(5-2)6-3/h9-12,16,18-19H,4-8,13-14H2,1-3H3/t18-,19+/m0/s1. The number of carbonyl (C=O) groups is 1. The average molecular weight is 423 g/mol.